The summed E-state index contributed by atoms with van der Waals surface area (Å²) in [7, 11) is 2.09. The first-order valence-electron chi connectivity index (χ1n) is 11.6. The lowest BCUT2D eigenvalue weighted by atomic mass is 9.74. The van der Waals surface area contributed by atoms with Gasteiger partial charge in [-0.2, -0.15) is 0 Å². The first kappa shape index (κ1) is 23.7. The quantitative estimate of drug-likeness (QED) is 0.472. The van der Waals surface area contributed by atoms with Crippen LogP contribution in [0.2, 0.25) is 10.0 Å². The molecule has 6 nitrogen and oxygen atoms in total. The van der Waals surface area contributed by atoms with E-state index in [1.54, 1.807) is 22.3 Å². The summed E-state index contributed by atoms with van der Waals surface area (Å²) in [4.78, 5) is 31.8. The molecule has 2 fully saturated rings. The second-order valence-electron chi connectivity index (χ2n) is 9.34. The maximum absolute atomic E-state index is 14.2. The minimum atomic E-state index is -0.674. The van der Waals surface area contributed by atoms with Gasteiger partial charge in [0, 0.05) is 61.6 Å². The summed E-state index contributed by atoms with van der Waals surface area (Å²) in [6.45, 7) is 4.91. The van der Waals surface area contributed by atoms with Crippen LogP contribution < -0.4 is 0 Å². The Bertz CT molecular complexity index is 1210. The third kappa shape index (κ3) is 4.24. The summed E-state index contributed by atoms with van der Waals surface area (Å²) in [5, 5.41) is 3.30. The van der Waals surface area contributed by atoms with Crippen molar-refractivity contribution in [3.8, 4) is 0 Å². The average Bonchev–Trinajstić information content (AvgIpc) is 3.43. The van der Waals surface area contributed by atoms with E-state index >= 15 is 0 Å². The zero-order valence-corrected chi connectivity index (χ0v) is 21.5. The van der Waals surface area contributed by atoms with E-state index in [1.807, 2.05) is 17.0 Å². The summed E-state index contributed by atoms with van der Waals surface area (Å²) in [6, 6.07) is 9.87. The van der Waals surface area contributed by atoms with Crippen LogP contribution in [0, 0.1) is 0 Å². The molecule has 0 N–H and O–H groups in total. The van der Waals surface area contributed by atoms with E-state index in [2.05, 4.69) is 34.0 Å². The van der Waals surface area contributed by atoms with Crippen molar-refractivity contribution in [2.24, 2.45) is 0 Å². The molecule has 3 aromatic rings. The number of nitrogens with zero attached hydrogens (tertiary/aromatic N) is 4. The third-order valence-corrected chi connectivity index (χ3v) is 8.80. The summed E-state index contributed by atoms with van der Waals surface area (Å²) in [5.41, 5.74) is 2.42. The monoisotopic (exact) mass is 518 g/mol. The summed E-state index contributed by atoms with van der Waals surface area (Å²) in [5.74, 6) is 0.180. The number of piperidine rings is 1. The van der Waals surface area contributed by atoms with Gasteiger partial charge in [0.25, 0.3) is 0 Å². The number of carbonyl (C=O) groups excluding carboxylic acids is 2. The van der Waals surface area contributed by atoms with Crippen LogP contribution in [0.3, 0.4) is 0 Å². The van der Waals surface area contributed by atoms with E-state index in [0.717, 1.165) is 54.1 Å². The number of likely N-dealkylation sites (N-methyl/N-ethyl adjacent to an activating group) is 1. The Morgan fingerprint density at radius 1 is 1.06 bits per heavy atom. The van der Waals surface area contributed by atoms with Crippen LogP contribution in [0.1, 0.15) is 24.1 Å². The van der Waals surface area contributed by atoms with Crippen LogP contribution >= 0.6 is 34.5 Å². The highest BCUT2D eigenvalue weighted by molar-refractivity contribution is 7.17. The number of likely N-dealkylation sites (tertiary alicyclic amines) is 1. The van der Waals surface area contributed by atoms with Gasteiger partial charge in [-0.05, 0) is 55.1 Å². The number of hydrogen-bond donors (Lipinski definition) is 0. The van der Waals surface area contributed by atoms with E-state index in [4.69, 9.17) is 23.2 Å². The molecule has 0 saturated carbocycles. The van der Waals surface area contributed by atoms with E-state index in [9.17, 15) is 9.59 Å². The highest BCUT2D eigenvalue weighted by Crippen LogP contribution is 2.42. The second-order valence-corrected chi connectivity index (χ2v) is 11.1. The summed E-state index contributed by atoms with van der Waals surface area (Å²) in [6.07, 6.45) is 2.13. The Kier molecular flexibility index (Phi) is 6.64. The van der Waals surface area contributed by atoms with E-state index < -0.39 is 5.41 Å². The Labute approximate surface area is 213 Å². The highest BCUT2D eigenvalue weighted by atomic mass is 35.5. The standard InChI is InChI=1S/C25H28Cl2N4O2S/c1-28-9-11-30(12-10-28)24(33)25(5-7-29(17-32)8-6-25)23-15-22-21(4-13-34-22)31(23)16-18-2-3-19(26)14-20(18)27/h2-4,13-15,17H,5-12,16H2,1H3. The minimum absolute atomic E-state index is 0.180. The van der Waals surface area contributed by atoms with Crippen LogP contribution in [-0.4, -0.2) is 77.9 Å². The first-order valence-corrected chi connectivity index (χ1v) is 13.2. The number of carbonyl (C=O) groups is 2. The second kappa shape index (κ2) is 9.53. The van der Waals surface area contributed by atoms with Gasteiger partial charge < -0.3 is 19.3 Å². The van der Waals surface area contributed by atoms with Crippen LogP contribution in [0.5, 0.6) is 0 Å². The van der Waals surface area contributed by atoms with E-state index in [0.29, 0.717) is 42.5 Å². The minimum Gasteiger partial charge on any atom is -0.345 e. The molecule has 0 atom stereocenters. The largest absolute Gasteiger partial charge is 0.345 e. The molecule has 0 spiro atoms. The van der Waals surface area contributed by atoms with Gasteiger partial charge in [0.05, 0.1) is 15.6 Å². The molecular formula is C25H28Cl2N4O2S. The van der Waals surface area contributed by atoms with Gasteiger partial charge in [0.15, 0.2) is 0 Å². The van der Waals surface area contributed by atoms with Crippen LogP contribution in [0.4, 0.5) is 0 Å². The number of aromatic nitrogens is 1. The lowest BCUT2D eigenvalue weighted by molar-refractivity contribution is -0.142. The van der Waals surface area contributed by atoms with Crippen LogP contribution in [0.25, 0.3) is 10.2 Å². The number of halogens is 2. The Morgan fingerprint density at radius 2 is 1.79 bits per heavy atom. The Balaban J connectivity index is 1.60. The zero-order chi connectivity index (χ0) is 23.9. The van der Waals surface area contributed by atoms with Crippen LogP contribution in [-0.2, 0) is 21.5 Å². The fourth-order valence-electron chi connectivity index (χ4n) is 5.27. The van der Waals surface area contributed by atoms with Crippen molar-refractivity contribution >= 4 is 57.1 Å². The average molecular weight is 519 g/mol. The molecule has 0 unspecified atom stereocenters. The molecule has 2 aliphatic rings. The van der Waals surface area contributed by atoms with Crippen molar-refractivity contribution in [2.75, 3.05) is 46.3 Å². The SMILES string of the molecule is CN1CCN(C(=O)C2(c3cc4sccc4n3Cc3ccc(Cl)cc3Cl)CCN(C=O)CC2)CC1. The fourth-order valence-corrected chi connectivity index (χ4v) is 6.56. The number of amides is 2. The lowest BCUT2D eigenvalue weighted by Gasteiger charge is -2.44. The van der Waals surface area contributed by atoms with Crippen molar-refractivity contribution in [2.45, 2.75) is 24.8 Å². The van der Waals surface area contributed by atoms with Gasteiger partial charge >= 0.3 is 0 Å². The molecular weight excluding hydrogens is 491 g/mol. The van der Waals surface area contributed by atoms with Crippen LogP contribution in [0.15, 0.2) is 35.7 Å². The number of fused-ring (bicyclic) bond motifs is 1. The molecule has 9 heteroatoms. The molecule has 2 amide bonds. The van der Waals surface area contributed by atoms with Gasteiger partial charge in [0.1, 0.15) is 0 Å². The fraction of sp³-hybridized carbons (Fsp3) is 0.440. The summed E-state index contributed by atoms with van der Waals surface area (Å²) >= 11 is 14.4. The molecule has 34 heavy (non-hydrogen) atoms. The molecule has 2 saturated heterocycles. The summed E-state index contributed by atoms with van der Waals surface area (Å²) < 4.78 is 3.41. The van der Waals surface area contributed by atoms with Crippen molar-refractivity contribution < 1.29 is 9.59 Å². The van der Waals surface area contributed by atoms with Gasteiger partial charge in [-0.15, -0.1) is 11.3 Å². The predicted molar refractivity (Wildman–Crippen MR) is 138 cm³/mol. The molecule has 1 aromatic carbocycles. The Morgan fingerprint density at radius 3 is 2.47 bits per heavy atom. The molecule has 2 aromatic heterocycles. The zero-order valence-electron chi connectivity index (χ0n) is 19.2. The number of benzene rings is 1. The third-order valence-electron chi connectivity index (χ3n) is 7.36. The van der Waals surface area contributed by atoms with E-state index in [-0.39, 0.29) is 5.91 Å². The van der Waals surface area contributed by atoms with Gasteiger partial charge in [0.2, 0.25) is 12.3 Å². The van der Waals surface area contributed by atoms with Gasteiger partial charge in [-0.25, -0.2) is 0 Å². The van der Waals surface area contributed by atoms with E-state index in [1.165, 1.54) is 0 Å². The van der Waals surface area contributed by atoms with Crippen molar-refractivity contribution in [3.05, 3.63) is 57.0 Å². The van der Waals surface area contributed by atoms with Gasteiger partial charge in [-0.3, -0.25) is 9.59 Å². The van der Waals surface area contributed by atoms with Crippen molar-refractivity contribution in [3.63, 3.8) is 0 Å². The maximum atomic E-state index is 14.2. The molecule has 5 rings (SSSR count). The number of thiophene rings is 1. The van der Waals surface area contributed by atoms with Crippen molar-refractivity contribution in [1.29, 1.82) is 0 Å². The number of rotatable bonds is 5. The normalized spacial score (nSPS) is 19.0. The molecule has 0 radical (unpaired) electrons. The maximum Gasteiger partial charge on any atom is 0.234 e. The first-order chi connectivity index (χ1) is 16.4. The van der Waals surface area contributed by atoms with Gasteiger partial charge in [-0.1, -0.05) is 29.3 Å². The lowest BCUT2D eigenvalue weighted by Crippen LogP contribution is -2.57. The Hall–Kier alpha value is -2.06. The number of piperazine rings is 1. The highest BCUT2D eigenvalue weighted by Gasteiger charge is 2.47. The smallest absolute Gasteiger partial charge is 0.234 e. The number of hydrogen-bond acceptors (Lipinski definition) is 4. The van der Waals surface area contributed by atoms with Crippen molar-refractivity contribution in [1.82, 2.24) is 19.3 Å². The topological polar surface area (TPSA) is 48.8 Å². The molecule has 180 valence electrons. The molecule has 2 aliphatic heterocycles. The molecule has 4 heterocycles. The predicted octanol–water partition coefficient (Wildman–Crippen LogP) is 4.32. The molecule has 0 aliphatic carbocycles. The molecule has 0 bridgehead atoms.